The maximum absolute atomic E-state index is 9.55. The van der Waals surface area contributed by atoms with E-state index in [1.807, 2.05) is 18.2 Å². The van der Waals surface area contributed by atoms with Gasteiger partial charge in [0.05, 0.1) is 22.7 Å². The largest absolute Gasteiger partial charge is 0.311 e. The smallest absolute Gasteiger partial charge is 0.0991 e. The number of para-hydroxylation sites is 4. The summed E-state index contributed by atoms with van der Waals surface area (Å²) in [7, 11) is 0. The van der Waals surface area contributed by atoms with Gasteiger partial charge in [-0.15, -0.1) is 0 Å². The van der Waals surface area contributed by atoms with Crippen molar-refractivity contribution in [2.75, 3.05) is 9.80 Å². The SMILES string of the molecule is N#Cc1cccc(-c2ccc(-n3c4ccc(-c5ccc(N(c6ccccc6)c6ccccc6)cc5)cc4c4cc(-c5ccc(N(c6ccccc6)c6ccccc6)cc5)ccc43)cc2)c1. The standard InChI is InChI=1S/C61H42N4/c62-43-44-14-13-15-48(40-44)45-28-36-57(37-29-45)65-60-38-30-49(46-24-32-55(33-25-46)63(51-16-5-1-6-17-51)52-18-7-2-8-19-52)41-58(60)59-42-50(31-39-61(59)65)47-26-34-56(35-27-47)64(53-20-9-3-10-21-53)54-22-11-4-12-23-54/h1-42H. The Morgan fingerprint density at radius 3 is 1.02 bits per heavy atom. The van der Waals surface area contributed by atoms with Gasteiger partial charge in [-0.3, -0.25) is 0 Å². The first-order valence-corrected chi connectivity index (χ1v) is 21.9. The Kier molecular flexibility index (Phi) is 10.3. The normalized spacial score (nSPS) is 11.1. The van der Waals surface area contributed by atoms with Crippen LogP contribution in [0.3, 0.4) is 0 Å². The molecule has 0 aliphatic rings. The van der Waals surface area contributed by atoms with Crippen molar-refractivity contribution in [2.24, 2.45) is 0 Å². The van der Waals surface area contributed by atoms with Crippen LogP contribution in [-0.2, 0) is 0 Å². The lowest BCUT2D eigenvalue weighted by molar-refractivity contribution is 1.18. The third-order valence-electron chi connectivity index (χ3n) is 12.2. The number of fused-ring (bicyclic) bond motifs is 3. The van der Waals surface area contributed by atoms with Gasteiger partial charge < -0.3 is 14.4 Å². The van der Waals surface area contributed by atoms with Crippen LogP contribution < -0.4 is 9.80 Å². The molecule has 0 fully saturated rings. The topological polar surface area (TPSA) is 35.2 Å². The summed E-state index contributed by atoms with van der Waals surface area (Å²) in [4.78, 5) is 4.59. The zero-order chi connectivity index (χ0) is 43.5. The van der Waals surface area contributed by atoms with Crippen molar-refractivity contribution in [1.29, 1.82) is 5.26 Å². The summed E-state index contributed by atoms with van der Waals surface area (Å²) in [6, 6.07) is 92.3. The second kappa shape index (κ2) is 17.1. The summed E-state index contributed by atoms with van der Waals surface area (Å²) in [5.41, 5.74) is 17.3. The number of nitrogens with zero attached hydrogens (tertiary/aromatic N) is 4. The van der Waals surface area contributed by atoms with E-state index in [4.69, 9.17) is 0 Å². The molecule has 0 atom stereocenters. The Balaban J connectivity index is 1.01. The molecule has 4 nitrogen and oxygen atoms in total. The Morgan fingerprint density at radius 2 is 0.631 bits per heavy atom. The van der Waals surface area contributed by atoms with E-state index in [-0.39, 0.29) is 0 Å². The summed E-state index contributed by atoms with van der Waals surface area (Å²) < 4.78 is 2.37. The van der Waals surface area contributed by atoms with E-state index in [9.17, 15) is 5.26 Å². The highest BCUT2D eigenvalue weighted by Gasteiger charge is 2.18. The van der Waals surface area contributed by atoms with Crippen LogP contribution in [0.25, 0.3) is 60.9 Å². The van der Waals surface area contributed by atoms with Gasteiger partial charge in [-0.05, 0) is 155 Å². The van der Waals surface area contributed by atoms with Gasteiger partial charge in [-0.2, -0.15) is 5.26 Å². The van der Waals surface area contributed by atoms with Crippen molar-refractivity contribution in [3.8, 4) is 45.1 Å². The molecule has 0 aliphatic heterocycles. The molecule has 11 aromatic rings. The molecule has 4 heteroatoms. The van der Waals surface area contributed by atoms with Crippen LogP contribution in [-0.4, -0.2) is 4.57 Å². The first-order chi connectivity index (χ1) is 32.2. The van der Waals surface area contributed by atoms with Gasteiger partial charge >= 0.3 is 0 Å². The van der Waals surface area contributed by atoms with Crippen LogP contribution in [0, 0.1) is 11.3 Å². The van der Waals surface area contributed by atoms with E-state index in [0.717, 1.165) is 84.2 Å². The number of anilines is 6. The zero-order valence-electron chi connectivity index (χ0n) is 35.5. The molecule has 1 heterocycles. The molecule has 0 radical (unpaired) electrons. The third-order valence-corrected chi connectivity index (χ3v) is 12.2. The molecule has 0 saturated heterocycles. The fourth-order valence-electron chi connectivity index (χ4n) is 9.04. The molecule has 10 aromatic carbocycles. The third kappa shape index (κ3) is 7.58. The van der Waals surface area contributed by atoms with Crippen molar-refractivity contribution >= 4 is 55.9 Å². The Labute approximate surface area is 379 Å². The molecule has 65 heavy (non-hydrogen) atoms. The van der Waals surface area contributed by atoms with Crippen molar-refractivity contribution < 1.29 is 0 Å². The van der Waals surface area contributed by atoms with E-state index >= 15 is 0 Å². The summed E-state index contributed by atoms with van der Waals surface area (Å²) in [6.45, 7) is 0. The van der Waals surface area contributed by atoms with Crippen LogP contribution in [0.4, 0.5) is 34.1 Å². The predicted octanol–water partition coefficient (Wildman–Crippen LogP) is 16.6. The molecule has 306 valence electrons. The number of nitriles is 1. The minimum Gasteiger partial charge on any atom is -0.311 e. The molecule has 0 bridgehead atoms. The highest BCUT2D eigenvalue weighted by Crippen LogP contribution is 2.41. The number of rotatable bonds is 10. The van der Waals surface area contributed by atoms with E-state index < -0.39 is 0 Å². The fourth-order valence-corrected chi connectivity index (χ4v) is 9.04. The predicted molar refractivity (Wildman–Crippen MR) is 271 cm³/mol. The van der Waals surface area contributed by atoms with E-state index in [1.54, 1.807) is 0 Å². The van der Waals surface area contributed by atoms with Gasteiger partial charge in [-0.25, -0.2) is 0 Å². The highest BCUT2D eigenvalue weighted by molar-refractivity contribution is 6.11. The zero-order valence-corrected chi connectivity index (χ0v) is 35.5. The summed E-state index contributed by atoms with van der Waals surface area (Å²) in [6.07, 6.45) is 0. The molecule has 0 spiro atoms. The van der Waals surface area contributed by atoms with Gasteiger partial charge in [0.1, 0.15) is 0 Å². The molecular weight excluding hydrogens is 789 g/mol. The molecule has 0 aliphatic carbocycles. The van der Waals surface area contributed by atoms with E-state index in [1.165, 1.54) is 10.8 Å². The van der Waals surface area contributed by atoms with E-state index in [0.29, 0.717) is 5.56 Å². The number of benzene rings is 10. The quantitative estimate of drug-likeness (QED) is 0.138. The van der Waals surface area contributed by atoms with Crippen LogP contribution in [0.2, 0.25) is 0 Å². The van der Waals surface area contributed by atoms with Crippen LogP contribution in [0.15, 0.2) is 255 Å². The van der Waals surface area contributed by atoms with E-state index in [2.05, 4.69) is 257 Å². The van der Waals surface area contributed by atoms with Crippen molar-refractivity contribution in [3.63, 3.8) is 0 Å². The summed E-state index contributed by atoms with van der Waals surface area (Å²) in [5, 5.41) is 11.9. The van der Waals surface area contributed by atoms with Gasteiger partial charge in [0, 0.05) is 50.6 Å². The Morgan fingerprint density at radius 1 is 0.292 bits per heavy atom. The lowest BCUT2D eigenvalue weighted by Crippen LogP contribution is -2.09. The Hall–Kier alpha value is -8.91. The fraction of sp³-hybridized carbons (Fsp3) is 0. The average molecular weight is 831 g/mol. The molecule has 0 saturated carbocycles. The number of hydrogen-bond donors (Lipinski definition) is 0. The second-order valence-electron chi connectivity index (χ2n) is 16.1. The molecule has 1 aromatic heterocycles. The molecule has 11 rings (SSSR count). The second-order valence-corrected chi connectivity index (χ2v) is 16.1. The molecular formula is C61H42N4. The van der Waals surface area contributed by atoms with Crippen molar-refractivity contribution in [1.82, 2.24) is 4.57 Å². The lowest BCUT2D eigenvalue weighted by atomic mass is 9.99. The maximum atomic E-state index is 9.55. The van der Waals surface area contributed by atoms with Gasteiger partial charge in [0.2, 0.25) is 0 Å². The summed E-state index contributed by atoms with van der Waals surface area (Å²) in [5.74, 6) is 0. The maximum Gasteiger partial charge on any atom is 0.0991 e. The molecule has 0 amide bonds. The number of hydrogen-bond acceptors (Lipinski definition) is 3. The van der Waals surface area contributed by atoms with Gasteiger partial charge in [-0.1, -0.05) is 133 Å². The molecule has 0 unspecified atom stereocenters. The number of aromatic nitrogens is 1. The van der Waals surface area contributed by atoms with Gasteiger partial charge in [0.15, 0.2) is 0 Å². The summed E-state index contributed by atoms with van der Waals surface area (Å²) >= 11 is 0. The van der Waals surface area contributed by atoms with Gasteiger partial charge in [0.25, 0.3) is 0 Å². The average Bonchev–Trinajstić information content (AvgIpc) is 3.71. The highest BCUT2D eigenvalue weighted by atomic mass is 15.1. The van der Waals surface area contributed by atoms with Crippen molar-refractivity contribution in [2.45, 2.75) is 0 Å². The van der Waals surface area contributed by atoms with Crippen LogP contribution in [0.5, 0.6) is 0 Å². The first-order valence-electron chi connectivity index (χ1n) is 21.9. The van der Waals surface area contributed by atoms with Crippen LogP contribution in [0.1, 0.15) is 5.56 Å². The first kappa shape index (κ1) is 39.0. The monoisotopic (exact) mass is 830 g/mol. The minimum absolute atomic E-state index is 0.652. The lowest BCUT2D eigenvalue weighted by Gasteiger charge is -2.25. The van der Waals surface area contributed by atoms with Crippen molar-refractivity contribution in [3.05, 3.63) is 260 Å². The Bertz CT molecular complexity index is 3180. The molecule has 0 N–H and O–H groups in total. The van der Waals surface area contributed by atoms with Crippen LogP contribution >= 0.6 is 0 Å². The minimum atomic E-state index is 0.652.